The van der Waals surface area contributed by atoms with E-state index in [4.69, 9.17) is 28.7 Å². The second-order valence-corrected chi connectivity index (χ2v) is 12.9. The first-order valence-electron chi connectivity index (χ1n) is 15.6. The number of fused-ring (bicyclic) bond motifs is 3. The van der Waals surface area contributed by atoms with E-state index in [2.05, 4.69) is 6.07 Å². The molecule has 1 aliphatic heterocycles. The van der Waals surface area contributed by atoms with Gasteiger partial charge in [-0.2, -0.15) is 0 Å². The fourth-order valence-electron chi connectivity index (χ4n) is 5.96. The zero-order valence-corrected chi connectivity index (χ0v) is 26.5. The van der Waals surface area contributed by atoms with Gasteiger partial charge in [-0.05, 0) is 74.6 Å². The highest BCUT2D eigenvalue weighted by molar-refractivity contribution is 6.62. The molecule has 8 heteroatoms. The summed E-state index contributed by atoms with van der Waals surface area (Å²) in [5, 5.41) is 2.02. The van der Waals surface area contributed by atoms with Crippen molar-refractivity contribution >= 4 is 34.5 Å². The largest absolute Gasteiger partial charge is 0.494 e. The molecule has 230 valence electrons. The van der Waals surface area contributed by atoms with Crippen molar-refractivity contribution in [2.24, 2.45) is 0 Å². The van der Waals surface area contributed by atoms with Gasteiger partial charge in [0.1, 0.15) is 17.0 Å². The van der Waals surface area contributed by atoms with Crippen LogP contribution in [0.15, 0.2) is 120 Å². The van der Waals surface area contributed by atoms with Crippen LogP contribution < -0.4 is 5.46 Å². The van der Waals surface area contributed by atoms with Gasteiger partial charge >= 0.3 is 7.12 Å². The smallest absolute Gasteiger partial charge is 0.455 e. The predicted octanol–water partition coefficient (Wildman–Crippen LogP) is 8.88. The van der Waals surface area contributed by atoms with Gasteiger partial charge in [0.15, 0.2) is 17.5 Å². The van der Waals surface area contributed by atoms with Crippen LogP contribution in [0, 0.1) is 5.82 Å². The van der Waals surface area contributed by atoms with Crippen LogP contribution in [-0.2, 0) is 9.31 Å². The highest BCUT2D eigenvalue weighted by atomic mass is 19.1. The van der Waals surface area contributed by atoms with E-state index in [-0.39, 0.29) is 5.82 Å². The minimum Gasteiger partial charge on any atom is -0.455 e. The van der Waals surface area contributed by atoms with Crippen LogP contribution in [0.3, 0.4) is 0 Å². The Morgan fingerprint density at radius 1 is 0.553 bits per heavy atom. The first kappa shape index (κ1) is 29.2. The zero-order chi connectivity index (χ0) is 32.3. The number of furan rings is 1. The monoisotopic (exact) mass is 619 g/mol. The van der Waals surface area contributed by atoms with Gasteiger partial charge in [-0.15, -0.1) is 0 Å². The molecule has 5 aromatic carbocycles. The molecule has 3 heterocycles. The van der Waals surface area contributed by atoms with Gasteiger partial charge in [-0.25, -0.2) is 19.3 Å². The van der Waals surface area contributed by atoms with E-state index in [1.54, 1.807) is 12.1 Å². The molecule has 0 spiro atoms. The van der Waals surface area contributed by atoms with Crippen molar-refractivity contribution in [1.29, 1.82) is 0 Å². The molecule has 1 fully saturated rings. The first-order valence-corrected chi connectivity index (χ1v) is 15.6. The van der Waals surface area contributed by atoms with Gasteiger partial charge < -0.3 is 13.7 Å². The lowest BCUT2D eigenvalue weighted by atomic mass is 9.78. The molecular formula is C39H31BFN3O3. The molecule has 0 unspecified atom stereocenters. The second-order valence-electron chi connectivity index (χ2n) is 12.9. The molecule has 0 N–H and O–H groups in total. The molecule has 7 aromatic rings. The van der Waals surface area contributed by atoms with Gasteiger partial charge in [0, 0.05) is 21.9 Å². The maximum Gasteiger partial charge on any atom is 0.494 e. The lowest BCUT2D eigenvalue weighted by molar-refractivity contribution is 0.00578. The van der Waals surface area contributed by atoms with Crippen LogP contribution in [0.1, 0.15) is 27.7 Å². The molecule has 6 nitrogen and oxygen atoms in total. The number of hydrogen-bond donors (Lipinski definition) is 0. The van der Waals surface area contributed by atoms with Crippen LogP contribution in [-0.4, -0.2) is 33.3 Å². The summed E-state index contributed by atoms with van der Waals surface area (Å²) < 4.78 is 32.8. The molecule has 8 rings (SSSR count). The summed E-state index contributed by atoms with van der Waals surface area (Å²) >= 11 is 0. The molecular weight excluding hydrogens is 588 g/mol. The highest BCUT2D eigenvalue weighted by Crippen LogP contribution is 2.38. The third kappa shape index (κ3) is 5.20. The molecule has 0 radical (unpaired) electrons. The Kier molecular flexibility index (Phi) is 6.83. The van der Waals surface area contributed by atoms with Gasteiger partial charge in [-0.1, -0.05) is 84.9 Å². The van der Waals surface area contributed by atoms with E-state index >= 15 is 0 Å². The molecule has 0 bridgehead atoms. The standard InChI is InChI=1S/C39H31BFN3O3/c1-38(2)39(3,4)47-40(46-38)28-13-8-12-27(23-28)36-42-35(26-11-7-10-25(22-26)24-18-20-29(41)21-19-24)43-37(44-36)32-16-9-15-31-30-14-5-6-17-33(30)45-34(31)32/h5-23H,1-4H3. The normalized spacial score (nSPS) is 15.5. The number of halogens is 1. The van der Waals surface area contributed by atoms with E-state index < -0.39 is 18.3 Å². The number of para-hydroxylation sites is 2. The van der Waals surface area contributed by atoms with Crippen molar-refractivity contribution in [3.05, 3.63) is 121 Å². The van der Waals surface area contributed by atoms with Crippen LogP contribution >= 0.6 is 0 Å². The summed E-state index contributed by atoms with van der Waals surface area (Å²) in [6, 6.07) is 36.3. The van der Waals surface area contributed by atoms with E-state index in [1.807, 2.05) is 113 Å². The highest BCUT2D eigenvalue weighted by Gasteiger charge is 2.51. The Balaban J connectivity index is 1.29. The van der Waals surface area contributed by atoms with E-state index in [0.717, 1.165) is 49.6 Å². The van der Waals surface area contributed by atoms with Crippen molar-refractivity contribution in [2.45, 2.75) is 38.9 Å². The lowest BCUT2D eigenvalue weighted by Gasteiger charge is -2.32. The number of benzene rings is 5. The molecule has 0 saturated carbocycles. The maximum atomic E-state index is 13.7. The first-order chi connectivity index (χ1) is 22.6. The van der Waals surface area contributed by atoms with Crippen molar-refractivity contribution in [3.8, 4) is 45.3 Å². The Hall–Kier alpha value is -5.18. The van der Waals surface area contributed by atoms with E-state index in [1.165, 1.54) is 12.1 Å². The maximum absolute atomic E-state index is 13.7. The van der Waals surface area contributed by atoms with Crippen molar-refractivity contribution in [1.82, 2.24) is 15.0 Å². The average Bonchev–Trinajstić information content (AvgIpc) is 3.57. The van der Waals surface area contributed by atoms with E-state index in [0.29, 0.717) is 23.1 Å². The van der Waals surface area contributed by atoms with Crippen LogP contribution in [0.2, 0.25) is 0 Å². The summed E-state index contributed by atoms with van der Waals surface area (Å²) in [6.45, 7) is 8.17. The molecule has 1 aliphatic rings. The van der Waals surface area contributed by atoms with Crippen molar-refractivity contribution in [2.75, 3.05) is 0 Å². The Bertz CT molecular complexity index is 2280. The van der Waals surface area contributed by atoms with Gasteiger partial charge in [0.2, 0.25) is 0 Å². The van der Waals surface area contributed by atoms with Gasteiger partial charge in [-0.3, -0.25) is 0 Å². The number of hydrogen-bond acceptors (Lipinski definition) is 6. The predicted molar refractivity (Wildman–Crippen MR) is 185 cm³/mol. The fraction of sp³-hybridized carbons (Fsp3) is 0.154. The fourth-order valence-corrected chi connectivity index (χ4v) is 5.96. The lowest BCUT2D eigenvalue weighted by Crippen LogP contribution is -2.41. The Morgan fingerprint density at radius 3 is 1.89 bits per heavy atom. The van der Waals surface area contributed by atoms with Crippen molar-refractivity contribution in [3.63, 3.8) is 0 Å². The Morgan fingerprint density at radius 2 is 1.15 bits per heavy atom. The van der Waals surface area contributed by atoms with Crippen LogP contribution in [0.5, 0.6) is 0 Å². The van der Waals surface area contributed by atoms with Crippen molar-refractivity contribution < 1.29 is 18.1 Å². The van der Waals surface area contributed by atoms with E-state index in [9.17, 15) is 4.39 Å². The number of rotatable bonds is 5. The number of nitrogens with zero attached hydrogens (tertiary/aromatic N) is 3. The molecule has 0 amide bonds. The summed E-state index contributed by atoms with van der Waals surface area (Å²) in [7, 11) is -0.530. The zero-order valence-electron chi connectivity index (χ0n) is 26.5. The SMILES string of the molecule is CC1(C)OB(c2cccc(-c3nc(-c4cccc(-c5ccc(F)cc5)c4)nc(-c4cccc5c4oc4ccccc45)n3)c2)OC1(C)C. The van der Waals surface area contributed by atoms with Crippen LogP contribution in [0.4, 0.5) is 4.39 Å². The molecule has 0 atom stereocenters. The molecule has 2 aromatic heterocycles. The molecule has 1 saturated heterocycles. The summed E-state index contributed by atoms with van der Waals surface area (Å²) in [5.74, 6) is 1.22. The van der Waals surface area contributed by atoms with Gasteiger partial charge in [0.25, 0.3) is 0 Å². The quantitative estimate of drug-likeness (QED) is 0.179. The Labute approximate surface area is 272 Å². The molecule has 0 aliphatic carbocycles. The average molecular weight is 620 g/mol. The topological polar surface area (TPSA) is 70.3 Å². The molecule has 47 heavy (non-hydrogen) atoms. The summed E-state index contributed by atoms with van der Waals surface area (Å²) in [5.41, 5.74) is 5.63. The third-order valence-corrected chi connectivity index (χ3v) is 9.25. The van der Waals surface area contributed by atoms with Gasteiger partial charge in [0.05, 0.1) is 16.8 Å². The number of aromatic nitrogens is 3. The summed E-state index contributed by atoms with van der Waals surface area (Å²) in [6.07, 6.45) is 0. The third-order valence-electron chi connectivity index (χ3n) is 9.25. The summed E-state index contributed by atoms with van der Waals surface area (Å²) in [4.78, 5) is 15.0. The minimum atomic E-state index is -0.530. The minimum absolute atomic E-state index is 0.279. The second kappa shape index (κ2) is 11.0. The van der Waals surface area contributed by atoms with Crippen LogP contribution in [0.25, 0.3) is 67.2 Å².